The van der Waals surface area contributed by atoms with Gasteiger partial charge < -0.3 is 15.4 Å². The van der Waals surface area contributed by atoms with Gasteiger partial charge in [0.05, 0.1) is 6.04 Å². The fraction of sp³-hybridized carbons (Fsp3) is 0.333. The van der Waals surface area contributed by atoms with Crippen molar-refractivity contribution in [2.45, 2.75) is 18.3 Å². The van der Waals surface area contributed by atoms with E-state index in [0.717, 1.165) is 5.56 Å². The number of hydrogen-bond acceptors (Lipinski definition) is 3. The molecule has 0 saturated carbocycles. The van der Waals surface area contributed by atoms with Crippen LogP contribution >= 0.6 is 0 Å². The maximum Gasteiger partial charge on any atom is 0.407 e. The van der Waals surface area contributed by atoms with Crippen molar-refractivity contribution in [2.24, 2.45) is 0 Å². The molecule has 0 saturated heterocycles. The summed E-state index contributed by atoms with van der Waals surface area (Å²) in [7, 11) is 2.94. The molecular weight excluding hydrogens is 336 g/mol. The lowest BCUT2D eigenvalue weighted by atomic mass is 10.1. The summed E-state index contributed by atoms with van der Waals surface area (Å²) in [6, 6.07) is 10.5. The molecule has 0 spiro atoms. The van der Waals surface area contributed by atoms with Gasteiger partial charge in [0.1, 0.15) is 24.2 Å². The quantitative estimate of drug-likeness (QED) is 0.715. The Bertz CT molecular complexity index is 652. The van der Waals surface area contributed by atoms with Crippen LogP contribution in [0, 0.1) is 0 Å². The van der Waals surface area contributed by atoms with Crippen molar-refractivity contribution in [1.82, 2.24) is 10.6 Å². The van der Waals surface area contributed by atoms with Crippen LogP contribution in [0.1, 0.15) is 23.2 Å². The van der Waals surface area contributed by atoms with E-state index in [4.69, 9.17) is 4.74 Å². The van der Waals surface area contributed by atoms with E-state index in [2.05, 4.69) is 10.6 Å². The van der Waals surface area contributed by atoms with Crippen LogP contribution in [-0.2, 0) is 0 Å². The van der Waals surface area contributed by atoms with Gasteiger partial charge in [-0.1, -0.05) is 24.3 Å². The molecule has 2 aromatic rings. The molecule has 0 bridgehead atoms. The highest BCUT2D eigenvalue weighted by molar-refractivity contribution is 5.36. The Morgan fingerprint density at radius 1 is 0.840 bits per heavy atom. The van der Waals surface area contributed by atoms with E-state index in [9.17, 15) is 17.6 Å². The predicted molar refractivity (Wildman–Crippen MR) is 88.6 cm³/mol. The van der Waals surface area contributed by atoms with Gasteiger partial charge >= 0.3 is 6.18 Å². The summed E-state index contributed by atoms with van der Waals surface area (Å²) < 4.78 is 57.1. The molecule has 0 heterocycles. The van der Waals surface area contributed by atoms with Crippen molar-refractivity contribution in [3.63, 3.8) is 0 Å². The van der Waals surface area contributed by atoms with Gasteiger partial charge in [-0.2, -0.15) is 13.2 Å². The molecule has 2 aromatic carbocycles. The third-order valence-corrected chi connectivity index (χ3v) is 3.85. The molecule has 3 nitrogen and oxygen atoms in total. The van der Waals surface area contributed by atoms with Crippen LogP contribution in [0.15, 0.2) is 48.5 Å². The fourth-order valence-corrected chi connectivity index (χ4v) is 2.48. The molecule has 2 atom stereocenters. The van der Waals surface area contributed by atoms with Gasteiger partial charge in [0.25, 0.3) is 0 Å². The molecule has 0 aliphatic carbocycles. The van der Waals surface area contributed by atoms with E-state index in [0.29, 0.717) is 11.5 Å². The lowest BCUT2D eigenvalue weighted by Crippen LogP contribution is -2.31. The molecular formula is C18H20F4N2O. The minimum absolute atomic E-state index is 0.109. The Hall–Kier alpha value is -2.12. The van der Waals surface area contributed by atoms with Gasteiger partial charge in [-0.05, 0) is 49.5 Å². The molecule has 25 heavy (non-hydrogen) atoms. The summed E-state index contributed by atoms with van der Waals surface area (Å²) in [5.74, 6) is 0.940. The SMILES string of the molecule is CNC(CF)c1ccc(Oc2ccc(C(NC)C(F)(F)F)cc2)cc1. The fourth-order valence-electron chi connectivity index (χ4n) is 2.48. The Labute approximate surface area is 144 Å². The van der Waals surface area contributed by atoms with Gasteiger partial charge in [0.15, 0.2) is 0 Å². The Kier molecular flexibility index (Phi) is 6.39. The molecule has 2 N–H and O–H groups in total. The second-order valence-electron chi connectivity index (χ2n) is 5.50. The average molecular weight is 356 g/mol. The summed E-state index contributed by atoms with van der Waals surface area (Å²) in [6.45, 7) is -0.524. The van der Waals surface area contributed by atoms with Crippen LogP contribution in [0.2, 0.25) is 0 Å². The van der Waals surface area contributed by atoms with Crippen LogP contribution < -0.4 is 15.4 Å². The van der Waals surface area contributed by atoms with E-state index < -0.39 is 18.9 Å². The standard InChI is InChI=1S/C18H20F4N2O/c1-23-16(11-19)12-3-7-14(8-4-12)25-15-9-5-13(6-10-15)17(24-2)18(20,21)22/h3-10,16-17,23-24H,11H2,1-2H3. The van der Waals surface area contributed by atoms with Crippen molar-refractivity contribution in [3.05, 3.63) is 59.7 Å². The molecule has 136 valence electrons. The first kappa shape index (κ1) is 19.2. The van der Waals surface area contributed by atoms with Crippen molar-refractivity contribution >= 4 is 0 Å². The van der Waals surface area contributed by atoms with Gasteiger partial charge in [0, 0.05) is 0 Å². The number of halogens is 4. The van der Waals surface area contributed by atoms with Crippen molar-refractivity contribution < 1.29 is 22.3 Å². The van der Waals surface area contributed by atoms with Crippen LogP contribution in [0.4, 0.5) is 17.6 Å². The molecule has 0 aromatic heterocycles. The van der Waals surface area contributed by atoms with Gasteiger partial charge in [0.2, 0.25) is 0 Å². The lowest BCUT2D eigenvalue weighted by molar-refractivity contribution is -0.156. The van der Waals surface area contributed by atoms with E-state index in [1.807, 2.05) is 0 Å². The topological polar surface area (TPSA) is 33.3 Å². The maximum atomic E-state index is 12.9. The van der Waals surface area contributed by atoms with E-state index >= 15 is 0 Å². The Morgan fingerprint density at radius 2 is 1.32 bits per heavy atom. The second kappa shape index (κ2) is 8.31. The zero-order valence-corrected chi connectivity index (χ0v) is 13.9. The minimum Gasteiger partial charge on any atom is -0.457 e. The van der Waals surface area contributed by atoms with Gasteiger partial charge in [-0.25, -0.2) is 4.39 Å². The third-order valence-electron chi connectivity index (χ3n) is 3.85. The van der Waals surface area contributed by atoms with Gasteiger partial charge in [-0.3, -0.25) is 0 Å². The maximum absolute atomic E-state index is 12.9. The monoisotopic (exact) mass is 356 g/mol. The molecule has 0 aliphatic heterocycles. The van der Waals surface area contributed by atoms with Crippen LogP contribution in [0.5, 0.6) is 11.5 Å². The second-order valence-corrected chi connectivity index (χ2v) is 5.50. The molecule has 2 unspecified atom stereocenters. The Balaban J connectivity index is 2.08. The van der Waals surface area contributed by atoms with Crippen LogP contribution in [-0.4, -0.2) is 26.9 Å². The van der Waals surface area contributed by atoms with Crippen LogP contribution in [0.25, 0.3) is 0 Å². The molecule has 7 heteroatoms. The van der Waals surface area contributed by atoms with Crippen molar-refractivity contribution in [1.29, 1.82) is 0 Å². The summed E-state index contributed by atoms with van der Waals surface area (Å²) in [6.07, 6.45) is -4.37. The van der Waals surface area contributed by atoms with Gasteiger partial charge in [-0.15, -0.1) is 0 Å². The van der Waals surface area contributed by atoms with Crippen molar-refractivity contribution in [3.8, 4) is 11.5 Å². The summed E-state index contributed by atoms with van der Waals surface area (Å²) in [5, 5.41) is 5.11. The highest BCUT2D eigenvalue weighted by Crippen LogP contribution is 2.33. The highest BCUT2D eigenvalue weighted by Gasteiger charge is 2.39. The minimum atomic E-state index is -4.37. The zero-order chi connectivity index (χ0) is 18.4. The largest absolute Gasteiger partial charge is 0.457 e. The summed E-state index contributed by atoms with van der Waals surface area (Å²) >= 11 is 0. The number of benzene rings is 2. The average Bonchev–Trinajstić information content (AvgIpc) is 2.58. The number of alkyl halides is 4. The van der Waals surface area contributed by atoms with E-state index in [1.54, 1.807) is 31.3 Å². The van der Waals surface area contributed by atoms with Crippen LogP contribution in [0.3, 0.4) is 0 Å². The summed E-state index contributed by atoms with van der Waals surface area (Å²) in [5.41, 5.74) is 0.896. The smallest absolute Gasteiger partial charge is 0.407 e. The summed E-state index contributed by atoms with van der Waals surface area (Å²) in [4.78, 5) is 0. The van der Waals surface area contributed by atoms with Crippen molar-refractivity contribution in [2.75, 3.05) is 20.8 Å². The predicted octanol–water partition coefficient (Wildman–Crippen LogP) is 4.53. The molecule has 0 aliphatic rings. The van der Waals surface area contributed by atoms with E-state index in [-0.39, 0.29) is 11.6 Å². The normalized spacial score (nSPS) is 14.2. The molecule has 0 amide bonds. The number of rotatable bonds is 7. The third kappa shape index (κ3) is 4.93. The first-order valence-electron chi connectivity index (χ1n) is 7.74. The molecule has 0 fully saturated rings. The number of nitrogens with one attached hydrogen (secondary N) is 2. The number of ether oxygens (including phenoxy) is 1. The van der Waals surface area contributed by atoms with E-state index in [1.165, 1.54) is 31.3 Å². The zero-order valence-electron chi connectivity index (χ0n) is 13.9. The first-order valence-corrected chi connectivity index (χ1v) is 7.74. The lowest BCUT2D eigenvalue weighted by Gasteiger charge is -2.20. The highest BCUT2D eigenvalue weighted by atomic mass is 19.4. The first-order chi connectivity index (χ1) is 11.9. The molecule has 0 radical (unpaired) electrons. The molecule has 2 rings (SSSR count). The Morgan fingerprint density at radius 3 is 1.68 bits per heavy atom. The number of hydrogen-bond donors (Lipinski definition) is 2.